The van der Waals surface area contributed by atoms with Crippen molar-refractivity contribution in [1.82, 2.24) is 15.1 Å². The maximum Gasteiger partial charge on any atom is 0.253 e. The van der Waals surface area contributed by atoms with Crippen molar-refractivity contribution in [2.75, 3.05) is 13.1 Å². The van der Waals surface area contributed by atoms with Gasteiger partial charge >= 0.3 is 0 Å². The Balaban J connectivity index is 1.45. The molecule has 1 saturated heterocycles. The van der Waals surface area contributed by atoms with Crippen LogP contribution in [0.4, 0.5) is 0 Å². The number of carbonyl (C=O) groups is 1. The van der Waals surface area contributed by atoms with E-state index in [-0.39, 0.29) is 5.91 Å². The van der Waals surface area contributed by atoms with Crippen molar-refractivity contribution < 1.29 is 4.79 Å². The summed E-state index contributed by atoms with van der Waals surface area (Å²) in [4.78, 5) is 14.7. The zero-order valence-electron chi connectivity index (χ0n) is 12.9. The summed E-state index contributed by atoms with van der Waals surface area (Å²) < 4.78 is 0. The first kappa shape index (κ1) is 14.0. The molecule has 0 spiro atoms. The lowest BCUT2D eigenvalue weighted by atomic mass is 9.99. The van der Waals surface area contributed by atoms with Crippen LogP contribution in [0.25, 0.3) is 10.9 Å². The summed E-state index contributed by atoms with van der Waals surface area (Å²) in [7, 11) is 0. The van der Waals surface area contributed by atoms with Gasteiger partial charge in [0.1, 0.15) is 0 Å². The zero-order chi connectivity index (χ0) is 15.6. The Hall–Kier alpha value is -2.62. The van der Waals surface area contributed by atoms with Crippen molar-refractivity contribution in [3.63, 3.8) is 0 Å². The SMILES string of the molecule is O=C(c1ccc2[nH]ncc2c1)N1CCC(Cc2ccccc2)C1. The number of fused-ring (bicyclic) bond motifs is 1. The molecule has 4 nitrogen and oxygen atoms in total. The van der Waals surface area contributed by atoms with Crippen LogP contribution < -0.4 is 0 Å². The highest BCUT2D eigenvalue weighted by molar-refractivity contribution is 5.98. The van der Waals surface area contributed by atoms with Crippen LogP contribution in [0, 0.1) is 5.92 Å². The lowest BCUT2D eigenvalue weighted by Crippen LogP contribution is -2.28. The van der Waals surface area contributed by atoms with Crippen LogP contribution in [0.15, 0.2) is 54.7 Å². The Labute approximate surface area is 135 Å². The quantitative estimate of drug-likeness (QED) is 0.807. The number of hydrogen-bond donors (Lipinski definition) is 1. The van der Waals surface area contributed by atoms with Crippen molar-refractivity contribution >= 4 is 16.8 Å². The number of benzene rings is 2. The van der Waals surface area contributed by atoms with Gasteiger partial charge in [0.2, 0.25) is 0 Å². The van der Waals surface area contributed by atoms with Crippen LogP contribution in [0.2, 0.25) is 0 Å². The molecule has 4 rings (SSSR count). The van der Waals surface area contributed by atoms with Crippen molar-refractivity contribution in [2.45, 2.75) is 12.8 Å². The molecule has 1 aliphatic heterocycles. The molecular weight excluding hydrogens is 286 g/mol. The first-order chi connectivity index (χ1) is 11.3. The third-order valence-corrected chi connectivity index (χ3v) is 4.63. The van der Waals surface area contributed by atoms with Gasteiger partial charge < -0.3 is 4.90 Å². The van der Waals surface area contributed by atoms with Crippen molar-refractivity contribution in [3.8, 4) is 0 Å². The van der Waals surface area contributed by atoms with Crippen LogP contribution in [-0.4, -0.2) is 34.1 Å². The minimum Gasteiger partial charge on any atom is -0.338 e. The molecule has 3 aromatic rings. The molecule has 2 heterocycles. The highest BCUT2D eigenvalue weighted by Gasteiger charge is 2.27. The van der Waals surface area contributed by atoms with Crippen LogP contribution >= 0.6 is 0 Å². The highest BCUT2D eigenvalue weighted by Crippen LogP contribution is 2.23. The summed E-state index contributed by atoms with van der Waals surface area (Å²) in [5.74, 6) is 0.683. The van der Waals surface area contributed by atoms with Gasteiger partial charge in [0.15, 0.2) is 0 Å². The van der Waals surface area contributed by atoms with Gasteiger partial charge in [-0.25, -0.2) is 0 Å². The summed E-state index contributed by atoms with van der Waals surface area (Å²) in [6.07, 6.45) is 3.88. The second-order valence-corrected chi connectivity index (χ2v) is 6.27. The average molecular weight is 305 g/mol. The van der Waals surface area contributed by atoms with E-state index in [2.05, 4.69) is 34.5 Å². The Morgan fingerprint density at radius 2 is 2.09 bits per heavy atom. The smallest absolute Gasteiger partial charge is 0.253 e. The standard InChI is InChI=1S/C19H19N3O/c23-19(16-6-7-18-17(11-16)12-20-21-18)22-9-8-15(13-22)10-14-4-2-1-3-5-14/h1-7,11-12,15H,8-10,13H2,(H,20,21). The number of rotatable bonds is 3. The molecular formula is C19H19N3O. The molecule has 0 bridgehead atoms. The lowest BCUT2D eigenvalue weighted by molar-refractivity contribution is 0.0787. The second-order valence-electron chi connectivity index (χ2n) is 6.27. The summed E-state index contributed by atoms with van der Waals surface area (Å²) in [5.41, 5.74) is 3.07. The predicted molar refractivity (Wildman–Crippen MR) is 90.3 cm³/mol. The fraction of sp³-hybridized carbons (Fsp3) is 0.263. The fourth-order valence-corrected chi connectivity index (χ4v) is 3.39. The Kier molecular flexibility index (Phi) is 3.58. The van der Waals surface area contributed by atoms with Crippen LogP contribution in [-0.2, 0) is 6.42 Å². The second kappa shape index (κ2) is 5.88. The zero-order valence-corrected chi connectivity index (χ0v) is 12.9. The van der Waals surface area contributed by atoms with Gasteiger partial charge in [0, 0.05) is 24.0 Å². The van der Waals surface area contributed by atoms with Gasteiger partial charge in [-0.15, -0.1) is 0 Å². The first-order valence-corrected chi connectivity index (χ1v) is 8.06. The molecule has 0 aliphatic carbocycles. The minimum absolute atomic E-state index is 0.128. The molecule has 1 atom stereocenters. The largest absolute Gasteiger partial charge is 0.338 e. The van der Waals surface area contributed by atoms with Gasteiger partial charge in [-0.3, -0.25) is 9.89 Å². The summed E-state index contributed by atoms with van der Waals surface area (Å²) in [6, 6.07) is 16.3. The number of likely N-dealkylation sites (tertiary alicyclic amines) is 1. The molecule has 1 aromatic heterocycles. The summed E-state index contributed by atoms with van der Waals surface area (Å²) in [6.45, 7) is 1.69. The maximum absolute atomic E-state index is 12.7. The van der Waals surface area contributed by atoms with Gasteiger partial charge in [0.05, 0.1) is 11.7 Å². The number of hydrogen-bond acceptors (Lipinski definition) is 2. The Morgan fingerprint density at radius 1 is 1.22 bits per heavy atom. The van der Waals surface area contributed by atoms with Crippen molar-refractivity contribution in [3.05, 3.63) is 65.9 Å². The summed E-state index contributed by atoms with van der Waals surface area (Å²) >= 11 is 0. The van der Waals surface area contributed by atoms with Crippen molar-refractivity contribution in [2.24, 2.45) is 5.92 Å². The molecule has 4 heteroatoms. The van der Waals surface area contributed by atoms with E-state index in [1.54, 1.807) is 6.20 Å². The third kappa shape index (κ3) is 2.84. The Morgan fingerprint density at radius 3 is 2.96 bits per heavy atom. The number of carbonyl (C=O) groups excluding carboxylic acids is 1. The van der Waals surface area contributed by atoms with Gasteiger partial charge in [-0.2, -0.15) is 5.10 Å². The van der Waals surface area contributed by atoms with E-state index in [4.69, 9.17) is 0 Å². The van der Waals surface area contributed by atoms with E-state index >= 15 is 0 Å². The monoisotopic (exact) mass is 305 g/mol. The molecule has 2 aromatic carbocycles. The minimum atomic E-state index is 0.128. The molecule has 0 saturated carbocycles. The van der Waals surface area contributed by atoms with Crippen LogP contribution in [0.1, 0.15) is 22.3 Å². The number of H-pyrrole nitrogens is 1. The predicted octanol–water partition coefficient (Wildman–Crippen LogP) is 3.27. The average Bonchev–Trinajstić information content (AvgIpc) is 3.23. The van der Waals surface area contributed by atoms with E-state index in [1.807, 2.05) is 29.2 Å². The molecule has 1 unspecified atom stereocenters. The van der Waals surface area contributed by atoms with E-state index in [1.165, 1.54) is 5.56 Å². The normalized spacial score (nSPS) is 17.7. The lowest BCUT2D eigenvalue weighted by Gasteiger charge is -2.17. The molecule has 1 aliphatic rings. The van der Waals surface area contributed by atoms with E-state index < -0.39 is 0 Å². The Bertz CT molecular complexity index is 825. The number of amides is 1. The topological polar surface area (TPSA) is 49.0 Å². The highest BCUT2D eigenvalue weighted by atomic mass is 16.2. The fourth-order valence-electron chi connectivity index (χ4n) is 3.39. The first-order valence-electron chi connectivity index (χ1n) is 8.06. The summed E-state index contributed by atoms with van der Waals surface area (Å²) in [5, 5.41) is 7.91. The molecule has 0 radical (unpaired) electrons. The van der Waals surface area contributed by atoms with Crippen LogP contribution in [0.5, 0.6) is 0 Å². The molecule has 1 fully saturated rings. The van der Waals surface area contributed by atoms with E-state index in [0.717, 1.165) is 42.4 Å². The number of nitrogens with one attached hydrogen (secondary N) is 1. The molecule has 1 N–H and O–H groups in total. The number of aromatic amines is 1. The van der Waals surface area contributed by atoms with Crippen LogP contribution in [0.3, 0.4) is 0 Å². The van der Waals surface area contributed by atoms with Gasteiger partial charge in [-0.1, -0.05) is 30.3 Å². The van der Waals surface area contributed by atoms with E-state index in [9.17, 15) is 4.79 Å². The maximum atomic E-state index is 12.7. The number of nitrogens with zero attached hydrogens (tertiary/aromatic N) is 2. The molecule has 23 heavy (non-hydrogen) atoms. The van der Waals surface area contributed by atoms with Gasteiger partial charge in [0.25, 0.3) is 5.91 Å². The van der Waals surface area contributed by atoms with Gasteiger partial charge in [-0.05, 0) is 42.5 Å². The third-order valence-electron chi connectivity index (χ3n) is 4.63. The van der Waals surface area contributed by atoms with E-state index in [0.29, 0.717) is 5.92 Å². The molecule has 1 amide bonds. The molecule has 116 valence electrons. The number of aromatic nitrogens is 2. The van der Waals surface area contributed by atoms with Crippen molar-refractivity contribution in [1.29, 1.82) is 0 Å².